The Morgan fingerprint density at radius 1 is 0.500 bits per heavy atom. The van der Waals surface area contributed by atoms with Crippen LogP contribution in [0.15, 0.2) is 48.6 Å². The van der Waals surface area contributed by atoms with Crippen molar-refractivity contribution in [1.82, 2.24) is 0 Å². The van der Waals surface area contributed by atoms with Crippen LogP contribution in [0, 0.1) is 0 Å². The molecule has 0 atom stereocenters. The van der Waals surface area contributed by atoms with Crippen molar-refractivity contribution in [3.8, 4) is 0 Å². The molecule has 0 aromatic carbocycles. The van der Waals surface area contributed by atoms with Gasteiger partial charge in [-0.1, -0.05) is 55.0 Å². The van der Waals surface area contributed by atoms with Crippen molar-refractivity contribution in [3.05, 3.63) is 48.6 Å². The number of allylic oxidation sites excluding steroid dienone is 8. The van der Waals surface area contributed by atoms with E-state index < -0.39 is 0 Å². The predicted octanol–water partition coefficient (Wildman–Crippen LogP) is 4.57. The Kier molecular flexibility index (Phi) is 6.74. The third-order valence-corrected chi connectivity index (χ3v) is 2.28. The molecule has 1 aliphatic carbocycles. The topological polar surface area (TPSA) is 0 Å². The average Bonchev–Trinajstić information content (AvgIpc) is 2.22. The summed E-state index contributed by atoms with van der Waals surface area (Å²) in [5.41, 5.74) is 0. The molecule has 76 valence electrons. The van der Waals surface area contributed by atoms with Crippen LogP contribution >= 0.6 is 0 Å². The summed E-state index contributed by atoms with van der Waals surface area (Å²) in [4.78, 5) is 0. The Morgan fingerprint density at radius 2 is 1.00 bits per heavy atom. The van der Waals surface area contributed by atoms with Crippen LogP contribution in [0.3, 0.4) is 0 Å². The Balaban J connectivity index is 2.35. The summed E-state index contributed by atoms with van der Waals surface area (Å²) in [6, 6.07) is 0. The average molecular weight is 188 g/mol. The molecule has 0 unspecified atom stereocenters. The fourth-order valence-electron chi connectivity index (χ4n) is 1.44. The second-order valence-corrected chi connectivity index (χ2v) is 3.59. The van der Waals surface area contributed by atoms with E-state index in [0.717, 1.165) is 6.42 Å². The highest BCUT2D eigenvalue weighted by atomic mass is 13.9. The van der Waals surface area contributed by atoms with E-state index in [1.165, 1.54) is 32.1 Å². The van der Waals surface area contributed by atoms with Gasteiger partial charge in [-0.3, -0.25) is 0 Å². The molecular formula is C14H20. The molecule has 1 aliphatic rings. The standard InChI is InChI=1S/C14H20/c1-2-4-6-8-10-12-14-13-11-9-7-5-3-1/h1-4,7,9,11,13H,5-6,8,10,12,14H2/b3-1-,4-2?,9-7+,13-11+. The predicted molar refractivity (Wildman–Crippen MR) is 64.3 cm³/mol. The Hall–Kier alpha value is -1.04. The van der Waals surface area contributed by atoms with E-state index in [4.69, 9.17) is 0 Å². The molecule has 0 aromatic heterocycles. The highest BCUT2D eigenvalue weighted by Gasteiger charge is 1.85. The fraction of sp³-hybridized carbons (Fsp3) is 0.429. The van der Waals surface area contributed by atoms with Gasteiger partial charge in [0.05, 0.1) is 0 Å². The van der Waals surface area contributed by atoms with Crippen molar-refractivity contribution in [2.45, 2.75) is 38.5 Å². The second-order valence-electron chi connectivity index (χ2n) is 3.59. The molecule has 0 N–H and O–H groups in total. The minimum atomic E-state index is 1.04. The largest absolute Gasteiger partial charge is 0.0845 e. The third kappa shape index (κ3) is 6.47. The maximum Gasteiger partial charge on any atom is -0.0163 e. The van der Waals surface area contributed by atoms with E-state index in [2.05, 4.69) is 48.6 Å². The van der Waals surface area contributed by atoms with E-state index in [-0.39, 0.29) is 0 Å². The van der Waals surface area contributed by atoms with Crippen molar-refractivity contribution >= 4 is 0 Å². The van der Waals surface area contributed by atoms with E-state index in [0.29, 0.717) is 0 Å². The van der Waals surface area contributed by atoms with Crippen LogP contribution in [0.4, 0.5) is 0 Å². The summed E-state index contributed by atoms with van der Waals surface area (Å²) in [7, 11) is 0. The summed E-state index contributed by atoms with van der Waals surface area (Å²) >= 11 is 0. The van der Waals surface area contributed by atoms with Gasteiger partial charge in [-0.2, -0.15) is 0 Å². The summed E-state index contributed by atoms with van der Waals surface area (Å²) in [6.07, 6.45) is 25.0. The van der Waals surface area contributed by atoms with Gasteiger partial charge in [0.15, 0.2) is 0 Å². The molecule has 0 aromatic rings. The molecule has 0 saturated carbocycles. The molecule has 0 radical (unpaired) electrons. The maximum absolute atomic E-state index is 2.27. The van der Waals surface area contributed by atoms with Gasteiger partial charge < -0.3 is 0 Å². The first kappa shape index (κ1) is 11.0. The van der Waals surface area contributed by atoms with Crippen LogP contribution in [0.25, 0.3) is 0 Å². The van der Waals surface area contributed by atoms with Gasteiger partial charge in [0.1, 0.15) is 0 Å². The Bertz CT molecular complexity index is 204. The highest BCUT2D eigenvalue weighted by molar-refractivity contribution is 5.08. The lowest BCUT2D eigenvalue weighted by Gasteiger charge is -1.94. The van der Waals surface area contributed by atoms with Gasteiger partial charge in [-0.15, -0.1) is 0 Å². The first-order valence-corrected chi connectivity index (χ1v) is 5.63. The van der Waals surface area contributed by atoms with E-state index in [9.17, 15) is 0 Å². The Labute approximate surface area is 87.7 Å². The summed E-state index contributed by atoms with van der Waals surface area (Å²) in [5, 5.41) is 0. The minimum absolute atomic E-state index is 1.04. The van der Waals surface area contributed by atoms with Crippen molar-refractivity contribution in [2.24, 2.45) is 0 Å². The molecular weight excluding hydrogens is 168 g/mol. The van der Waals surface area contributed by atoms with E-state index >= 15 is 0 Å². The zero-order chi connectivity index (χ0) is 9.90. The van der Waals surface area contributed by atoms with Gasteiger partial charge in [0.25, 0.3) is 0 Å². The molecule has 0 fully saturated rings. The molecule has 0 amide bonds. The van der Waals surface area contributed by atoms with E-state index in [1.54, 1.807) is 0 Å². The summed E-state index contributed by atoms with van der Waals surface area (Å²) in [6.45, 7) is 0. The van der Waals surface area contributed by atoms with Crippen molar-refractivity contribution in [1.29, 1.82) is 0 Å². The van der Waals surface area contributed by atoms with Crippen LogP contribution in [0.5, 0.6) is 0 Å². The van der Waals surface area contributed by atoms with Crippen molar-refractivity contribution in [3.63, 3.8) is 0 Å². The van der Waals surface area contributed by atoms with E-state index in [1.807, 2.05) is 0 Å². The van der Waals surface area contributed by atoms with Gasteiger partial charge >= 0.3 is 0 Å². The van der Waals surface area contributed by atoms with Crippen LogP contribution < -0.4 is 0 Å². The highest BCUT2D eigenvalue weighted by Crippen LogP contribution is 2.05. The molecule has 0 heteroatoms. The quantitative estimate of drug-likeness (QED) is 0.522. The number of hydrogen-bond acceptors (Lipinski definition) is 0. The lowest BCUT2D eigenvalue weighted by molar-refractivity contribution is 0.696. The molecule has 0 spiro atoms. The smallest absolute Gasteiger partial charge is 0.0163 e. The van der Waals surface area contributed by atoms with Gasteiger partial charge in [-0.05, 0) is 32.1 Å². The van der Waals surface area contributed by atoms with Crippen molar-refractivity contribution in [2.75, 3.05) is 0 Å². The van der Waals surface area contributed by atoms with Crippen LogP contribution in [-0.4, -0.2) is 0 Å². The first-order valence-electron chi connectivity index (χ1n) is 5.63. The second kappa shape index (κ2) is 8.55. The monoisotopic (exact) mass is 188 g/mol. The maximum atomic E-state index is 2.27. The summed E-state index contributed by atoms with van der Waals surface area (Å²) in [5.74, 6) is 0. The summed E-state index contributed by atoms with van der Waals surface area (Å²) < 4.78 is 0. The molecule has 0 heterocycles. The van der Waals surface area contributed by atoms with Gasteiger partial charge in [-0.25, -0.2) is 0 Å². The zero-order valence-corrected chi connectivity index (χ0v) is 8.86. The minimum Gasteiger partial charge on any atom is -0.0845 e. The van der Waals surface area contributed by atoms with Gasteiger partial charge in [0.2, 0.25) is 0 Å². The molecule has 1 rings (SSSR count). The van der Waals surface area contributed by atoms with Crippen molar-refractivity contribution < 1.29 is 0 Å². The zero-order valence-electron chi connectivity index (χ0n) is 8.86. The SMILES string of the molecule is C1=CCCCCC/C=C/C=C/C/C=C\1. The first-order chi connectivity index (χ1) is 7.00. The van der Waals surface area contributed by atoms with Crippen LogP contribution in [-0.2, 0) is 0 Å². The molecule has 0 bridgehead atoms. The molecule has 0 nitrogen and oxygen atoms in total. The van der Waals surface area contributed by atoms with Crippen LogP contribution in [0.2, 0.25) is 0 Å². The van der Waals surface area contributed by atoms with Gasteiger partial charge in [0, 0.05) is 0 Å². The molecule has 0 saturated heterocycles. The molecule has 14 heavy (non-hydrogen) atoms. The molecule has 0 aliphatic heterocycles. The number of hydrogen-bond donors (Lipinski definition) is 0. The number of rotatable bonds is 0. The third-order valence-electron chi connectivity index (χ3n) is 2.28. The Morgan fingerprint density at radius 3 is 1.57 bits per heavy atom. The lowest BCUT2D eigenvalue weighted by atomic mass is 10.1. The fourth-order valence-corrected chi connectivity index (χ4v) is 1.44. The van der Waals surface area contributed by atoms with Crippen LogP contribution in [0.1, 0.15) is 38.5 Å². The normalized spacial score (nSPS) is 26.3. The lowest BCUT2D eigenvalue weighted by Crippen LogP contribution is -1.74.